The molecule has 0 saturated carbocycles. The molecule has 1 heterocycles. The summed E-state index contributed by atoms with van der Waals surface area (Å²) < 4.78 is 0. The van der Waals surface area contributed by atoms with E-state index in [0.717, 1.165) is 12.8 Å². The Labute approximate surface area is 99.1 Å². The Morgan fingerprint density at radius 3 is 2.59 bits per heavy atom. The minimum absolute atomic E-state index is 0.0830. The van der Waals surface area contributed by atoms with Crippen molar-refractivity contribution in [2.24, 2.45) is 0 Å². The van der Waals surface area contributed by atoms with Gasteiger partial charge in [0.2, 0.25) is 0 Å². The summed E-state index contributed by atoms with van der Waals surface area (Å²) >= 11 is 0. The van der Waals surface area contributed by atoms with Crippen LogP contribution in [0.5, 0.6) is 0 Å². The molecule has 0 atom stereocenters. The Balaban J connectivity index is 1.68. The lowest BCUT2D eigenvalue weighted by Gasteiger charge is -2.10. The van der Waals surface area contributed by atoms with E-state index in [9.17, 15) is 4.79 Å². The Hall–Kier alpha value is -2.10. The van der Waals surface area contributed by atoms with E-state index in [1.807, 2.05) is 12.1 Å². The molecule has 2 N–H and O–H groups in total. The number of imidazole rings is 1. The number of fused-ring (bicyclic) bond motifs is 1. The van der Waals surface area contributed by atoms with Crippen LogP contribution < -0.4 is 5.32 Å². The van der Waals surface area contributed by atoms with E-state index in [2.05, 4.69) is 27.4 Å². The van der Waals surface area contributed by atoms with Gasteiger partial charge in [-0.15, -0.1) is 0 Å². The second-order valence-corrected chi connectivity index (χ2v) is 4.31. The second-order valence-electron chi connectivity index (χ2n) is 4.31. The number of benzene rings is 1. The number of aromatic nitrogens is 2. The highest BCUT2D eigenvalue weighted by atomic mass is 16.1. The molecule has 1 aliphatic carbocycles. The van der Waals surface area contributed by atoms with Gasteiger partial charge in [-0.05, 0) is 24.0 Å². The molecule has 4 nitrogen and oxygen atoms in total. The van der Waals surface area contributed by atoms with Gasteiger partial charge in [0.25, 0.3) is 5.91 Å². The van der Waals surface area contributed by atoms with Gasteiger partial charge in [0, 0.05) is 6.04 Å². The number of amides is 1. The van der Waals surface area contributed by atoms with E-state index in [-0.39, 0.29) is 11.9 Å². The van der Waals surface area contributed by atoms with Gasteiger partial charge in [-0.1, -0.05) is 24.3 Å². The van der Waals surface area contributed by atoms with Crippen molar-refractivity contribution in [3.63, 3.8) is 0 Å². The van der Waals surface area contributed by atoms with E-state index in [1.54, 1.807) is 0 Å². The minimum atomic E-state index is -0.0830. The maximum atomic E-state index is 11.8. The van der Waals surface area contributed by atoms with Crippen LogP contribution in [0.15, 0.2) is 36.8 Å². The summed E-state index contributed by atoms with van der Waals surface area (Å²) in [7, 11) is 0. The molecular weight excluding hydrogens is 214 g/mol. The third-order valence-corrected chi connectivity index (χ3v) is 3.13. The van der Waals surface area contributed by atoms with Crippen LogP contribution in [0, 0.1) is 0 Å². The van der Waals surface area contributed by atoms with Gasteiger partial charge in [0.05, 0.1) is 12.5 Å². The predicted molar refractivity (Wildman–Crippen MR) is 63.7 cm³/mol. The highest BCUT2D eigenvalue weighted by Gasteiger charge is 2.22. The number of carbonyl (C=O) groups excluding carboxylic acids is 1. The lowest BCUT2D eigenvalue weighted by Crippen LogP contribution is -2.35. The van der Waals surface area contributed by atoms with Crippen LogP contribution in [0.1, 0.15) is 21.6 Å². The molecule has 2 aromatic rings. The molecule has 86 valence electrons. The van der Waals surface area contributed by atoms with E-state index in [1.165, 1.54) is 23.7 Å². The zero-order chi connectivity index (χ0) is 11.7. The van der Waals surface area contributed by atoms with Crippen LogP contribution in [0.2, 0.25) is 0 Å². The van der Waals surface area contributed by atoms with Crippen molar-refractivity contribution < 1.29 is 4.79 Å². The number of nitrogens with zero attached hydrogens (tertiary/aromatic N) is 1. The summed E-state index contributed by atoms with van der Waals surface area (Å²) in [6.07, 6.45) is 4.88. The van der Waals surface area contributed by atoms with Crippen molar-refractivity contribution in [3.05, 3.63) is 53.6 Å². The van der Waals surface area contributed by atoms with Gasteiger partial charge < -0.3 is 10.3 Å². The van der Waals surface area contributed by atoms with Crippen molar-refractivity contribution in [3.8, 4) is 0 Å². The summed E-state index contributed by atoms with van der Waals surface area (Å²) in [5.41, 5.74) is 3.19. The molecule has 0 aliphatic heterocycles. The van der Waals surface area contributed by atoms with Gasteiger partial charge in [-0.3, -0.25) is 4.79 Å². The van der Waals surface area contributed by atoms with Crippen molar-refractivity contribution in [1.29, 1.82) is 0 Å². The van der Waals surface area contributed by atoms with Gasteiger partial charge in [-0.2, -0.15) is 0 Å². The van der Waals surface area contributed by atoms with Crippen molar-refractivity contribution in [1.82, 2.24) is 15.3 Å². The molecule has 0 bridgehead atoms. The van der Waals surface area contributed by atoms with Crippen molar-refractivity contribution >= 4 is 5.91 Å². The number of rotatable bonds is 2. The zero-order valence-electron chi connectivity index (χ0n) is 9.31. The van der Waals surface area contributed by atoms with Crippen LogP contribution in [0.25, 0.3) is 0 Å². The molecular formula is C13H13N3O. The van der Waals surface area contributed by atoms with Gasteiger partial charge in [-0.25, -0.2) is 4.98 Å². The molecule has 1 amide bonds. The predicted octanol–water partition coefficient (Wildman–Crippen LogP) is 1.31. The number of aromatic amines is 1. The number of carbonyl (C=O) groups is 1. The standard InChI is InChI=1S/C13H13N3O/c17-13(12-7-14-8-15-12)16-11-5-9-3-1-2-4-10(9)6-11/h1-4,7-8,11H,5-6H2,(H,14,15)(H,16,17). The normalized spacial score (nSPS) is 14.6. The fourth-order valence-electron chi connectivity index (χ4n) is 2.30. The molecule has 1 aromatic heterocycles. The monoisotopic (exact) mass is 227 g/mol. The third-order valence-electron chi connectivity index (χ3n) is 3.13. The Kier molecular flexibility index (Phi) is 2.40. The van der Waals surface area contributed by atoms with E-state index in [0.29, 0.717) is 5.69 Å². The highest BCUT2D eigenvalue weighted by Crippen LogP contribution is 2.21. The molecule has 17 heavy (non-hydrogen) atoms. The first-order valence-electron chi connectivity index (χ1n) is 5.69. The molecule has 1 aromatic carbocycles. The molecule has 0 saturated heterocycles. The largest absolute Gasteiger partial charge is 0.347 e. The highest BCUT2D eigenvalue weighted by molar-refractivity contribution is 5.92. The molecule has 0 fully saturated rings. The third kappa shape index (κ3) is 1.93. The number of hydrogen-bond acceptors (Lipinski definition) is 2. The average Bonchev–Trinajstić information content (AvgIpc) is 2.97. The fourth-order valence-corrected chi connectivity index (χ4v) is 2.30. The maximum absolute atomic E-state index is 11.8. The summed E-state index contributed by atoms with van der Waals surface area (Å²) in [4.78, 5) is 18.5. The summed E-state index contributed by atoms with van der Waals surface area (Å²) in [5.74, 6) is -0.0830. The van der Waals surface area contributed by atoms with Gasteiger partial charge in [0.1, 0.15) is 5.69 Å². The minimum Gasteiger partial charge on any atom is -0.347 e. The lowest BCUT2D eigenvalue weighted by atomic mass is 10.1. The molecule has 4 heteroatoms. The van der Waals surface area contributed by atoms with Crippen molar-refractivity contribution in [2.75, 3.05) is 0 Å². The van der Waals surface area contributed by atoms with Gasteiger partial charge >= 0.3 is 0 Å². The van der Waals surface area contributed by atoms with Crippen LogP contribution >= 0.6 is 0 Å². The topological polar surface area (TPSA) is 57.8 Å². The second kappa shape index (κ2) is 4.05. The molecule has 3 rings (SSSR count). The molecule has 0 unspecified atom stereocenters. The average molecular weight is 227 g/mol. The fraction of sp³-hybridized carbons (Fsp3) is 0.231. The Morgan fingerprint density at radius 2 is 2.00 bits per heavy atom. The Morgan fingerprint density at radius 1 is 1.29 bits per heavy atom. The van der Waals surface area contributed by atoms with E-state index >= 15 is 0 Å². The Bertz CT molecular complexity index is 508. The first kappa shape index (κ1) is 10.1. The summed E-state index contributed by atoms with van der Waals surface area (Å²) in [6, 6.07) is 8.52. The summed E-state index contributed by atoms with van der Waals surface area (Å²) in [5, 5.41) is 3.02. The summed E-state index contributed by atoms with van der Waals surface area (Å²) in [6.45, 7) is 0. The molecule has 1 aliphatic rings. The zero-order valence-corrected chi connectivity index (χ0v) is 9.31. The maximum Gasteiger partial charge on any atom is 0.269 e. The van der Waals surface area contributed by atoms with Gasteiger partial charge in [0.15, 0.2) is 0 Å². The van der Waals surface area contributed by atoms with E-state index in [4.69, 9.17) is 0 Å². The van der Waals surface area contributed by atoms with Crippen molar-refractivity contribution in [2.45, 2.75) is 18.9 Å². The number of nitrogens with one attached hydrogen (secondary N) is 2. The van der Waals surface area contributed by atoms with Crippen LogP contribution in [-0.2, 0) is 12.8 Å². The molecule has 0 radical (unpaired) electrons. The SMILES string of the molecule is O=C(NC1Cc2ccccc2C1)c1cnc[nH]1. The quantitative estimate of drug-likeness (QED) is 0.812. The smallest absolute Gasteiger partial charge is 0.269 e. The molecule has 0 spiro atoms. The number of hydrogen-bond donors (Lipinski definition) is 2. The van der Waals surface area contributed by atoms with E-state index < -0.39 is 0 Å². The lowest BCUT2D eigenvalue weighted by molar-refractivity contribution is 0.0934. The first-order valence-corrected chi connectivity index (χ1v) is 5.69. The van der Waals surface area contributed by atoms with Crippen LogP contribution in [-0.4, -0.2) is 21.9 Å². The number of H-pyrrole nitrogens is 1. The van der Waals surface area contributed by atoms with Crippen LogP contribution in [0.4, 0.5) is 0 Å². The first-order chi connectivity index (χ1) is 8.33. The van der Waals surface area contributed by atoms with Crippen LogP contribution in [0.3, 0.4) is 0 Å².